The zero-order valence-electron chi connectivity index (χ0n) is 32.1. The smallest absolute Gasteiger partial charge is 0.336 e. The lowest BCUT2D eigenvalue weighted by atomic mass is 9.76. The van der Waals surface area contributed by atoms with E-state index in [0.717, 1.165) is 95.9 Å². The van der Waals surface area contributed by atoms with Crippen LogP contribution >= 0.6 is 11.3 Å². The number of ether oxygens (including phenoxy) is 2. The largest absolute Gasteiger partial charge is 0.494 e. The van der Waals surface area contributed by atoms with Gasteiger partial charge in [-0.2, -0.15) is 5.10 Å². The van der Waals surface area contributed by atoms with Crippen LogP contribution in [-0.2, 0) is 9.53 Å². The van der Waals surface area contributed by atoms with Gasteiger partial charge < -0.3 is 20.0 Å². The summed E-state index contributed by atoms with van der Waals surface area (Å²) in [5.74, 6) is 0.456. The first-order valence-corrected chi connectivity index (χ1v) is 20.8. The fourth-order valence-corrected chi connectivity index (χ4v) is 8.37. The minimum atomic E-state index is -0.995. The standard InChI is InChI=1S/C45H57N3O5S/c1-4-7-8-13-27-46-48-43(44-47-40-17-11-12-18-41(40)54-44)39-30-34(33-21-19-32(16-5-2)20-22-33)23-25-36(39)38-31-35(24-26-37(38)45(50)51)52-28-14-9-10-15-29-53-42(49)6-3/h6,11-12,17-18,23-26,30-33,46H,3-5,7-10,13-16,19-22,27-29H2,1-2H3,(H,50,51). The van der Waals surface area contributed by atoms with E-state index in [9.17, 15) is 14.7 Å². The predicted octanol–water partition coefficient (Wildman–Crippen LogP) is 11.3. The molecule has 8 nitrogen and oxygen atoms in total. The van der Waals surface area contributed by atoms with Gasteiger partial charge in [-0.3, -0.25) is 0 Å². The molecule has 0 unspecified atom stereocenters. The first-order chi connectivity index (χ1) is 26.4. The Morgan fingerprint density at radius 1 is 0.889 bits per heavy atom. The van der Waals surface area contributed by atoms with E-state index < -0.39 is 11.9 Å². The Kier molecular flexibility index (Phi) is 16.1. The SMILES string of the molecule is C=CC(=O)OCCCCCCOc1ccc(C(=O)O)c(-c2ccc(C3CCC(CCC)CC3)cc2C(=NNCCCCCC)c2nc3ccccc3s2)c1. The van der Waals surface area contributed by atoms with E-state index in [1.807, 2.05) is 24.3 Å². The lowest BCUT2D eigenvalue weighted by Crippen LogP contribution is -2.17. The molecule has 1 aliphatic carbocycles. The molecule has 1 aliphatic rings. The molecular formula is C45H57N3O5S. The predicted molar refractivity (Wildman–Crippen MR) is 221 cm³/mol. The summed E-state index contributed by atoms with van der Waals surface area (Å²) in [5, 5.41) is 16.3. The number of fused-ring (bicyclic) bond motifs is 1. The van der Waals surface area contributed by atoms with E-state index >= 15 is 0 Å². The number of nitrogens with zero attached hydrogens (tertiary/aromatic N) is 2. The van der Waals surface area contributed by atoms with E-state index in [0.29, 0.717) is 30.4 Å². The van der Waals surface area contributed by atoms with Crippen LogP contribution in [0.5, 0.6) is 5.75 Å². The van der Waals surface area contributed by atoms with Crippen LogP contribution in [0.2, 0.25) is 0 Å². The number of para-hydroxylation sites is 1. The number of rotatable bonds is 22. The highest BCUT2D eigenvalue weighted by Crippen LogP contribution is 2.41. The Labute approximate surface area is 325 Å². The third-order valence-corrected chi connectivity index (χ3v) is 11.4. The van der Waals surface area contributed by atoms with Crippen molar-refractivity contribution in [3.8, 4) is 16.9 Å². The number of hydrogen-bond acceptors (Lipinski definition) is 8. The zero-order valence-corrected chi connectivity index (χ0v) is 32.9. The van der Waals surface area contributed by atoms with Gasteiger partial charge in [0.2, 0.25) is 0 Å². The van der Waals surface area contributed by atoms with Gasteiger partial charge in [-0.15, -0.1) is 11.3 Å². The number of hydrazone groups is 1. The Morgan fingerprint density at radius 2 is 1.67 bits per heavy atom. The lowest BCUT2D eigenvalue weighted by Gasteiger charge is -2.29. The number of aromatic nitrogens is 1. The van der Waals surface area contributed by atoms with E-state index in [2.05, 4.69) is 50.1 Å². The van der Waals surface area contributed by atoms with Crippen molar-refractivity contribution < 1.29 is 24.2 Å². The number of hydrogen-bond donors (Lipinski definition) is 2. The molecule has 1 fully saturated rings. The summed E-state index contributed by atoms with van der Waals surface area (Å²) in [6.07, 6.45) is 16.4. The summed E-state index contributed by atoms with van der Waals surface area (Å²) in [6, 6.07) is 19.9. The average molecular weight is 752 g/mol. The molecule has 54 heavy (non-hydrogen) atoms. The molecule has 1 heterocycles. The van der Waals surface area contributed by atoms with E-state index in [1.165, 1.54) is 50.2 Å². The second kappa shape index (κ2) is 21.4. The van der Waals surface area contributed by atoms with Crippen LogP contribution in [0.3, 0.4) is 0 Å². The molecule has 1 saturated carbocycles. The lowest BCUT2D eigenvalue weighted by molar-refractivity contribution is -0.137. The molecule has 1 aromatic heterocycles. The summed E-state index contributed by atoms with van der Waals surface area (Å²) < 4.78 is 12.4. The average Bonchev–Trinajstić information content (AvgIpc) is 3.62. The summed E-state index contributed by atoms with van der Waals surface area (Å²) in [5.41, 5.74) is 8.76. The molecule has 0 aliphatic heterocycles. The fraction of sp³-hybridized carbons (Fsp3) is 0.467. The monoisotopic (exact) mass is 751 g/mol. The van der Waals surface area contributed by atoms with Crippen LogP contribution in [-0.4, -0.2) is 47.5 Å². The number of carbonyl (C=O) groups is 2. The molecule has 4 aromatic rings. The van der Waals surface area contributed by atoms with Crippen LogP contribution in [0.4, 0.5) is 0 Å². The number of carbonyl (C=O) groups excluding carboxylic acids is 1. The molecule has 5 rings (SSSR count). The number of aromatic carboxylic acids is 1. The van der Waals surface area contributed by atoms with Crippen molar-refractivity contribution in [3.05, 3.63) is 95.0 Å². The molecule has 0 radical (unpaired) electrons. The van der Waals surface area contributed by atoms with Crippen molar-refractivity contribution in [1.29, 1.82) is 0 Å². The first-order valence-electron chi connectivity index (χ1n) is 20.0. The second-order valence-corrected chi connectivity index (χ2v) is 15.4. The molecule has 2 N–H and O–H groups in total. The number of carboxylic acids is 1. The van der Waals surface area contributed by atoms with Gasteiger partial charge in [0.1, 0.15) is 16.5 Å². The van der Waals surface area contributed by atoms with Crippen molar-refractivity contribution in [2.24, 2.45) is 11.0 Å². The quantitative estimate of drug-likeness (QED) is 0.0270. The maximum absolute atomic E-state index is 12.8. The number of carboxylic acid groups (broad SMARTS) is 1. The molecule has 9 heteroatoms. The molecule has 3 aromatic carbocycles. The highest BCUT2D eigenvalue weighted by atomic mass is 32.1. The van der Waals surface area contributed by atoms with Gasteiger partial charge in [0.05, 0.1) is 29.0 Å². The Bertz CT molecular complexity index is 1830. The molecule has 0 atom stereocenters. The van der Waals surface area contributed by atoms with E-state index in [4.69, 9.17) is 19.6 Å². The molecule has 0 bridgehead atoms. The minimum Gasteiger partial charge on any atom is -0.494 e. The van der Waals surface area contributed by atoms with Crippen molar-refractivity contribution >= 4 is 39.2 Å². The minimum absolute atomic E-state index is 0.210. The fourth-order valence-electron chi connectivity index (χ4n) is 7.40. The number of thiazole rings is 1. The Balaban J connectivity index is 1.49. The van der Waals surface area contributed by atoms with E-state index in [1.54, 1.807) is 23.5 Å². The molecule has 0 amide bonds. The number of benzene rings is 3. The number of esters is 1. The second-order valence-electron chi connectivity index (χ2n) is 14.4. The van der Waals surface area contributed by atoms with Gasteiger partial charge in [0, 0.05) is 23.7 Å². The summed E-state index contributed by atoms with van der Waals surface area (Å²) in [4.78, 5) is 29.1. The topological polar surface area (TPSA) is 110 Å². The van der Waals surface area contributed by atoms with Crippen LogP contribution < -0.4 is 10.2 Å². The van der Waals surface area contributed by atoms with Gasteiger partial charge >= 0.3 is 11.9 Å². The normalized spacial score (nSPS) is 15.9. The Hall–Kier alpha value is -4.50. The zero-order chi connectivity index (χ0) is 38.1. The third kappa shape index (κ3) is 11.5. The van der Waals surface area contributed by atoms with Crippen molar-refractivity contribution in [2.45, 2.75) is 110 Å². The third-order valence-electron chi connectivity index (χ3n) is 10.4. The van der Waals surface area contributed by atoms with E-state index in [-0.39, 0.29) is 5.56 Å². The van der Waals surface area contributed by atoms with Gasteiger partial charge in [0.25, 0.3) is 0 Å². The summed E-state index contributed by atoms with van der Waals surface area (Å²) in [6.45, 7) is 9.52. The van der Waals surface area contributed by atoms with Gasteiger partial charge in [-0.25, -0.2) is 14.6 Å². The van der Waals surface area contributed by atoms with Crippen LogP contribution in [0.25, 0.3) is 21.3 Å². The molecular weight excluding hydrogens is 695 g/mol. The van der Waals surface area contributed by atoms with Gasteiger partial charge in [0.15, 0.2) is 0 Å². The van der Waals surface area contributed by atoms with Gasteiger partial charge in [-0.05, 0) is 117 Å². The van der Waals surface area contributed by atoms with Crippen LogP contribution in [0.15, 0.2) is 78.4 Å². The van der Waals surface area contributed by atoms with Crippen LogP contribution in [0, 0.1) is 5.92 Å². The maximum Gasteiger partial charge on any atom is 0.336 e. The van der Waals surface area contributed by atoms with Crippen molar-refractivity contribution in [1.82, 2.24) is 10.4 Å². The molecule has 0 saturated heterocycles. The van der Waals surface area contributed by atoms with Gasteiger partial charge in [-0.1, -0.05) is 76.8 Å². The Morgan fingerprint density at radius 3 is 2.41 bits per heavy atom. The molecule has 288 valence electrons. The number of nitrogens with one attached hydrogen (secondary N) is 1. The molecule has 0 spiro atoms. The van der Waals surface area contributed by atoms with Crippen molar-refractivity contribution in [3.63, 3.8) is 0 Å². The maximum atomic E-state index is 12.8. The van der Waals surface area contributed by atoms with Crippen molar-refractivity contribution in [2.75, 3.05) is 19.8 Å². The summed E-state index contributed by atoms with van der Waals surface area (Å²) >= 11 is 1.61. The highest BCUT2D eigenvalue weighted by molar-refractivity contribution is 7.20. The first kappa shape index (κ1) is 40.7. The highest BCUT2D eigenvalue weighted by Gasteiger charge is 2.26. The van der Waals surface area contributed by atoms with Crippen LogP contribution in [0.1, 0.15) is 136 Å². The number of unbranched alkanes of at least 4 members (excludes halogenated alkanes) is 6. The summed E-state index contributed by atoms with van der Waals surface area (Å²) in [7, 11) is 0.